The van der Waals surface area contributed by atoms with Gasteiger partial charge in [0.15, 0.2) is 5.16 Å². The first-order chi connectivity index (χ1) is 15.2. The van der Waals surface area contributed by atoms with E-state index < -0.39 is 0 Å². The molecule has 5 rings (SSSR count). The van der Waals surface area contributed by atoms with Crippen molar-refractivity contribution in [3.63, 3.8) is 0 Å². The SMILES string of the molecule is O=C(CSc1nnc2n1CCCCC2)N1N=C(c2ccc(Cl)cc2)CC1c1ccco1. The highest BCUT2D eigenvalue weighted by atomic mass is 35.5. The first kappa shape index (κ1) is 20.3. The molecule has 0 spiro atoms. The topological polar surface area (TPSA) is 76.5 Å². The molecule has 31 heavy (non-hydrogen) atoms. The summed E-state index contributed by atoms with van der Waals surface area (Å²) in [5.74, 6) is 1.90. The van der Waals surface area contributed by atoms with E-state index >= 15 is 0 Å². The van der Waals surface area contributed by atoms with Gasteiger partial charge in [0, 0.05) is 24.4 Å². The van der Waals surface area contributed by atoms with Gasteiger partial charge < -0.3 is 8.98 Å². The van der Waals surface area contributed by atoms with Crippen LogP contribution >= 0.6 is 23.4 Å². The lowest BCUT2D eigenvalue weighted by Crippen LogP contribution is -2.28. The number of rotatable bonds is 5. The van der Waals surface area contributed by atoms with Crippen molar-refractivity contribution in [1.82, 2.24) is 19.8 Å². The molecule has 4 heterocycles. The fourth-order valence-corrected chi connectivity index (χ4v) is 4.98. The van der Waals surface area contributed by atoms with Gasteiger partial charge in [0.25, 0.3) is 5.91 Å². The number of carbonyl (C=O) groups is 1. The predicted octanol–water partition coefficient (Wildman–Crippen LogP) is 4.72. The number of halogens is 1. The standard InChI is InChI=1S/C22H22ClN5O2S/c23-16-9-7-15(8-10-16)17-13-18(19-5-4-12-30-19)28(26-17)21(29)14-31-22-25-24-20-6-2-1-3-11-27(20)22/h4-5,7-10,12,18H,1-3,6,11,13-14H2. The van der Waals surface area contributed by atoms with Gasteiger partial charge in [-0.25, -0.2) is 5.01 Å². The average Bonchev–Trinajstić information content (AvgIpc) is 3.50. The van der Waals surface area contributed by atoms with Crippen LogP contribution in [0.1, 0.15) is 48.9 Å². The first-order valence-electron chi connectivity index (χ1n) is 10.4. The molecule has 0 N–H and O–H groups in total. The Hall–Kier alpha value is -2.58. The van der Waals surface area contributed by atoms with Crippen molar-refractivity contribution in [2.24, 2.45) is 5.10 Å². The van der Waals surface area contributed by atoms with E-state index in [0.717, 1.165) is 53.8 Å². The molecule has 0 saturated carbocycles. The normalized spacial score (nSPS) is 18.5. The quantitative estimate of drug-likeness (QED) is 0.520. The average molecular weight is 456 g/mol. The lowest BCUT2D eigenvalue weighted by Gasteiger charge is -2.19. The second-order valence-electron chi connectivity index (χ2n) is 7.68. The minimum atomic E-state index is -0.260. The summed E-state index contributed by atoms with van der Waals surface area (Å²) in [6.45, 7) is 0.913. The van der Waals surface area contributed by atoms with Gasteiger partial charge >= 0.3 is 0 Å². The van der Waals surface area contributed by atoms with Gasteiger partial charge in [-0.1, -0.05) is 41.9 Å². The zero-order valence-electron chi connectivity index (χ0n) is 16.9. The van der Waals surface area contributed by atoms with Crippen molar-refractivity contribution in [2.45, 2.75) is 49.8 Å². The zero-order chi connectivity index (χ0) is 21.2. The van der Waals surface area contributed by atoms with E-state index in [1.165, 1.54) is 18.2 Å². The molecule has 0 bridgehead atoms. The van der Waals surface area contributed by atoms with Crippen LogP contribution < -0.4 is 0 Å². The molecular formula is C22H22ClN5O2S. The number of nitrogens with zero attached hydrogens (tertiary/aromatic N) is 5. The second kappa shape index (κ2) is 8.88. The summed E-state index contributed by atoms with van der Waals surface area (Å²) in [7, 11) is 0. The van der Waals surface area contributed by atoms with E-state index in [2.05, 4.69) is 19.9 Å². The number of hydrazone groups is 1. The van der Waals surface area contributed by atoms with Crippen molar-refractivity contribution >= 4 is 35.0 Å². The molecule has 2 aliphatic rings. The largest absolute Gasteiger partial charge is 0.467 e. The summed E-state index contributed by atoms with van der Waals surface area (Å²) in [4.78, 5) is 13.2. The smallest absolute Gasteiger partial charge is 0.253 e. The third kappa shape index (κ3) is 4.27. The number of hydrogen-bond acceptors (Lipinski definition) is 6. The number of aryl methyl sites for hydroxylation is 1. The summed E-state index contributed by atoms with van der Waals surface area (Å²) >= 11 is 7.45. The van der Waals surface area contributed by atoms with Gasteiger partial charge in [0.1, 0.15) is 17.6 Å². The number of fused-ring (bicyclic) bond motifs is 1. The molecule has 0 aliphatic carbocycles. The highest BCUT2D eigenvalue weighted by Gasteiger charge is 2.35. The Morgan fingerprint density at radius 2 is 2.03 bits per heavy atom. The maximum atomic E-state index is 13.2. The molecule has 3 aromatic rings. The Bertz CT molecular complexity index is 1090. The summed E-state index contributed by atoms with van der Waals surface area (Å²) in [5.41, 5.74) is 1.79. The van der Waals surface area contributed by atoms with E-state index in [0.29, 0.717) is 11.4 Å². The predicted molar refractivity (Wildman–Crippen MR) is 119 cm³/mol. The Kier molecular flexibility index (Phi) is 5.82. The van der Waals surface area contributed by atoms with Gasteiger partial charge in [-0.05, 0) is 42.7 Å². The Labute approximate surface area is 189 Å². The summed E-state index contributed by atoms with van der Waals surface area (Å²) in [5, 5.41) is 16.3. The van der Waals surface area contributed by atoms with Gasteiger partial charge in [0.2, 0.25) is 0 Å². The third-order valence-corrected chi connectivity index (χ3v) is 6.82. The summed E-state index contributed by atoms with van der Waals surface area (Å²) < 4.78 is 7.77. The first-order valence-corrected chi connectivity index (χ1v) is 11.8. The number of thioether (sulfide) groups is 1. The summed E-state index contributed by atoms with van der Waals surface area (Å²) in [6, 6.07) is 11.0. The fraction of sp³-hybridized carbons (Fsp3) is 0.364. The fourth-order valence-electron chi connectivity index (χ4n) is 4.02. The van der Waals surface area contributed by atoms with E-state index in [9.17, 15) is 4.79 Å². The Morgan fingerprint density at radius 1 is 1.16 bits per heavy atom. The number of hydrogen-bond donors (Lipinski definition) is 0. The van der Waals surface area contributed by atoms with E-state index in [1.807, 2.05) is 36.4 Å². The van der Waals surface area contributed by atoms with Crippen molar-refractivity contribution < 1.29 is 9.21 Å². The molecule has 0 fully saturated rings. The van der Waals surface area contributed by atoms with Gasteiger partial charge in [-0.2, -0.15) is 5.10 Å². The maximum absolute atomic E-state index is 13.2. The number of benzene rings is 1. The maximum Gasteiger partial charge on any atom is 0.253 e. The molecule has 0 saturated heterocycles. The van der Waals surface area contributed by atoms with Crippen LogP contribution in [0.15, 0.2) is 57.3 Å². The van der Waals surface area contributed by atoms with Gasteiger partial charge in [-0.3, -0.25) is 4.79 Å². The Balaban J connectivity index is 1.35. The van der Waals surface area contributed by atoms with Crippen LogP contribution in [0, 0.1) is 0 Å². The number of furan rings is 1. The Morgan fingerprint density at radius 3 is 2.84 bits per heavy atom. The number of aromatic nitrogens is 3. The summed E-state index contributed by atoms with van der Waals surface area (Å²) in [6.07, 6.45) is 6.62. The van der Waals surface area contributed by atoms with Crippen LogP contribution in [0.4, 0.5) is 0 Å². The number of carbonyl (C=O) groups excluding carboxylic acids is 1. The van der Waals surface area contributed by atoms with E-state index in [-0.39, 0.29) is 17.7 Å². The van der Waals surface area contributed by atoms with Crippen molar-refractivity contribution in [2.75, 3.05) is 5.75 Å². The minimum absolute atomic E-state index is 0.0821. The molecule has 1 unspecified atom stereocenters. The molecule has 7 nitrogen and oxygen atoms in total. The molecule has 1 atom stereocenters. The highest BCUT2D eigenvalue weighted by molar-refractivity contribution is 7.99. The lowest BCUT2D eigenvalue weighted by atomic mass is 10.0. The van der Waals surface area contributed by atoms with Crippen LogP contribution in [0.25, 0.3) is 0 Å². The molecule has 160 valence electrons. The van der Waals surface area contributed by atoms with Crippen molar-refractivity contribution in [1.29, 1.82) is 0 Å². The molecule has 1 aromatic carbocycles. The van der Waals surface area contributed by atoms with Gasteiger partial charge in [-0.15, -0.1) is 10.2 Å². The van der Waals surface area contributed by atoms with Crippen molar-refractivity contribution in [3.05, 3.63) is 64.8 Å². The van der Waals surface area contributed by atoms with E-state index in [1.54, 1.807) is 11.3 Å². The lowest BCUT2D eigenvalue weighted by molar-refractivity contribution is -0.130. The van der Waals surface area contributed by atoms with Crippen LogP contribution in [0.5, 0.6) is 0 Å². The molecule has 2 aliphatic heterocycles. The molecule has 1 amide bonds. The highest BCUT2D eigenvalue weighted by Crippen LogP contribution is 2.34. The molecule has 2 aromatic heterocycles. The number of amides is 1. The molecular weight excluding hydrogens is 434 g/mol. The molecule has 9 heteroatoms. The van der Waals surface area contributed by atoms with Crippen LogP contribution in [0.3, 0.4) is 0 Å². The molecule has 0 radical (unpaired) electrons. The second-order valence-corrected chi connectivity index (χ2v) is 9.06. The minimum Gasteiger partial charge on any atom is -0.467 e. The van der Waals surface area contributed by atoms with Crippen LogP contribution in [-0.4, -0.2) is 37.1 Å². The van der Waals surface area contributed by atoms with Gasteiger partial charge in [0.05, 0.1) is 17.7 Å². The van der Waals surface area contributed by atoms with Crippen LogP contribution in [-0.2, 0) is 17.8 Å². The zero-order valence-corrected chi connectivity index (χ0v) is 18.5. The van der Waals surface area contributed by atoms with E-state index in [4.69, 9.17) is 16.0 Å². The third-order valence-electron chi connectivity index (χ3n) is 5.62. The van der Waals surface area contributed by atoms with Crippen molar-refractivity contribution in [3.8, 4) is 0 Å². The monoisotopic (exact) mass is 455 g/mol. The van der Waals surface area contributed by atoms with Crippen LogP contribution in [0.2, 0.25) is 5.02 Å².